The van der Waals surface area contributed by atoms with Gasteiger partial charge in [0.15, 0.2) is 0 Å². The van der Waals surface area contributed by atoms with E-state index in [1.807, 2.05) is 54.6 Å². The molecule has 0 unspecified atom stereocenters. The lowest BCUT2D eigenvalue weighted by Crippen LogP contribution is -2.10. The van der Waals surface area contributed by atoms with E-state index in [4.69, 9.17) is 9.47 Å². The third kappa shape index (κ3) is 5.31. The van der Waals surface area contributed by atoms with Gasteiger partial charge >= 0.3 is 0 Å². The van der Waals surface area contributed by atoms with Gasteiger partial charge in [0.1, 0.15) is 17.5 Å². The quantitative estimate of drug-likeness (QED) is 0.557. The standard InChI is InChI=1S/C25H25NO2/c1-27-22-18-16-21(17-19-22)26-24(23-13-7-9-15-25(23)28-2)14-8-6-12-20-10-4-3-5-11-20/h3-5,7,9-11,13,15-19,24,26H,6,12H2,1-2H3/t24-/m1/s1. The molecular weight excluding hydrogens is 346 g/mol. The van der Waals surface area contributed by atoms with Crippen LogP contribution >= 0.6 is 0 Å². The second-order valence-electron chi connectivity index (χ2n) is 6.35. The van der Waals surface area contributed by atoms with Gasteiger partial charge in [-0.15, -0.1) is 5.92 Å². The van der Waals surface area contributed by atoms with Crippen molar-refractivity contribution in [1.29, 1.82) is 0 Å². The lowest BCUT2D eigenvalue weighted by molar-refractivity contribution is 0.409. The molecule has 1 N–H and O–H groups in total. The average molecular weight is 371 g/mol. The van der Waals surface area contributed by atoms with Crippen molar-refractivity contribution in [2.24, 2.45) is 0 Å². The SMILES string of the molecule is COc1ccc(N[C@H](C#CCCc2ccccc2)c2ccccc2OC)cc1. The Hall–Kier alpha value is -3.38. The van der Waals surface area contributed by atoms with Crippen molar-refractivity contribution in [2.75, 3.05) is 19.5 Å². The van der Waals surface area contributed by atoms with Crippen LogP contribution in [0.1, 0.15) is 23.6 Å². The summed E-state index contributed by atoms with van der Waals surface area (Å²) in [7, 11) is 3.35. The first kappa shape index (κ1) is 19.4. The summed E-state index contributed by atoms with van der Waals surface area (Å²) in [6.07, 6.45) is 1.75. The molecule has 142 valence electrons. The number of methoxy groups -OCH3 is 2. The lowest BCUT2D eigenvalue weighted by atomic mass is 10.0. The minimum Gasteiger partial charge on any atom is -0.497 e. The maximum absolute atomic E-state index is 5.55. The summed E-state index contributed by atoms with van der Waals surface area (Å²) in [5.41, 5.74) is 3.30. The van der Waals surface area contributed by atoms with Crippen LogP contribution < -0.4 is 14.8 Å². The van der Waals surface area contributed by atoms with Gasteiger partial charge < -0.3 is 14.8 Å². The van der Waals surface area contributed by atoms with E-state index in [-0.39, 0.29) is 6.04 Å². The molecule has 0 spiro atoms. The number of rotatable bonds is 7. The predicted octanol–water partition coefficient (Wildman–Crippen LogP) is 5.49. The second kappa shape index (κ2) is 10.1. The number of hydrogen-bond donors (Lipinski definition) is 1. The lowest BCUT2D eigenvalue weighted by Gasteiger charge is -2.18. The first-order valence-corrected chi connectivity index (χ1v) is 9.36. The molecule has 3 heteroatoms. The topological polar surface area (TPSA) is 30.5 Å². The first-order chi connectivity index (χ1) is 13.8. The summed E-state index contributed by atoms with van der Waals surface area (Å²) in [5.74, 6) is 8.37. The summed E-state index contributed by atoms with van der Waals surface area (Å²) in [6, 6.07) is 26.1. The highest BCUT2D eigenvalue weighted by Crippen LogP contribution is 2.28. The van der Waals surface area contributed by atoms with E-state index < -0.39 is 0 Å². The van der Waals surface area contributed by atoms with E-state index in [0.29, 0.717) is 0 Å². The maximum atomic E-state index is 5.55. The Balaban J connectivity index is 1.79. The molecule has 0 bridgehead atoms. The van der Waals surface area contributed by atoms with Crippen molar-refractivity contribution in [3.8, 4) is 23.3 Å². The minimum atomic E-state index is -0.166. The van der Waals surface area contributed by atoms with Gasteiger partial charge in [-0.3, -0.25) is 0 Å². The molecule has 3 aromatic rings. The van der Waals surface area contributed by atoms with Gasteiger partial charge in [-0.1, -0.05) is 54.5 Å². The number of hydrogen-bond acceptors (Lipinski definition) is 3. The Kier molecular flexibility index (Phi) is 6.98. The fourth-order valence-electron chi connectivity index (χ4n) is 2.98. The van der Waals surface area contributed by atoms with Crippen molar-refractivity contribution in [1.82, 2.24) is 0 Å². The van der Waals surface area contributed by atoms with Gasteiger partial charge in [0, 0.05) is 17.7 Å². The summed E-state index contributed by atoms with van der Waals surface area (Å²) < 4.78 is 10.8. The van der Waals surface area contributed by atoms with Crippen LogP contribution in [0.25, 0.3) is 0 Å². The van der Waals surface area contributed by atoms with Crippen LogP contribution in [0, 0.1) is 11.8 Å². The van der Waals surface area contributed by atoms with Crippen molar-refractivity contribution in [2.45, 2.75) is 18.9 Å². The monoisotopic (exact) mass is 371 g/mol. The number of para-hydroxylation sites is 1. The molecule has 0 saturated heterocycles. The zero-order valence-electron chi connectivity index (χ0n) is 16.3. The molecule has 0 heterocycles. The molecule has 0 fully saturated rings. The molecule has 1 atom stereocenters. The molecule has 28 heavy (non-hydrogen) atoms. The number of nitrogens with one attached hydrogen (secondary N) is 1. The predicted molar refractivity (Wildman–Crippen MR) is 115 cm³/mol. The van der Waals surface area contributed by atoms with Crippen LogP contribution in [-0.2, 0) is 6.42 Å². The van der Waals surface area contributed by atoms with E-state index in [0.717, 1.165) is 35.6 Å². The maximum Gasteiger partial charge on any atom is 0.125 e. The first-order valence-electron chi connectivity index (χ1n) is 9.36. The van der Waals surface area contributed by atoms with Crippen LogP contribution in [0.4, 0.5) is 5.69 Å². The molecule has 3 rings (SSSR count). The molecule has 0 radical (unpaired) electrons. The summed E-state index contributed by atoms with van der Waals surface area (Å²) in [4.78, 5) is 0. The van der Waals surface area contributed by atoms with Gasteiger partial charge in [0.25, 0.3) is 0 Å². The highest BCUT2D eigenvalue weighted by atomic mass is 16.5. The molecule has 0 saturated carbocycles. The smallest absolute Gasteiger partial charge is 0.125 e. The summed E-state index contributed by atoms with van der Waals surface area (Å²) in [6.45, 7) is 0. The van der Waals surface area contributed by atoms with Gasteiger partial charge in [0.05, 0.1) is 14.2 Å². The molecule has 0 aliphatic rings. The molecule has 0 aromatic heterocycles. The van der Waals surface area contributed by atoms with Crippen molar-refractivity contribution in [3.63, 3.8) is 0 Å². The molecule has 0 aliphatic carbocycles. The normalized spacial score (nSPS) is 11.1. The molecule has 0 aliphatic heterocycles. The minimum absolute atomic E-state index is 0.166. The van der Waals surface area contributed by atoms with E-state index in [2.05, 4.69) is 41.4 Å². The Morgan fingerprint density at radius 3 is 2.25 bits per heavy atom. The fourth-order valence-corrected chi connectivity index (χ4v) is 2.98. The average Bonchev–Trinajstić information content (AvgIpc) is 2.77. The molecule has 0 amide bonds. The van der Waals surface area contributed by atoms with Gasteiger partial charge in [-0.2, -0.15) is 0 Å². The van der Waals surface area contributed by atoms with Crippen molar-refractivity contribution >= 4 is 5.69 Å². The van der Waals surface area contributed by atoms with Crippen LogP contribution in [0.15, 0.2) is 78.9 Å². The number of ether oxygens (including phenoxy) is 2. The second-order valence-corrected chi connectivity index (χ2v) is 6.35. The van der Waals surface area contributed by atoms with Crippen LogP contribution in [0.5, 0.6) is 11.5 Å². The number of anilines is 1. The summed E-state index contributed by atoms with van der Waals surface area (Å²) in [5, 5.41) is 3.51. The Morgan fingerprint density at radius 2 is 1.54 bits per heavy atom. The van der Waals surface area contributed by atoms with E-state index >= 15 is 0 Å². The number of aryl methyl sites for hydroxylation is 1. The molecule has 3 nitrogen and oxygen atoms in total. The zero-order valence-corrected chi connectivity index (χ0v) is 16.3. The highest BCUT2D eigenvalue weighted by Gasteiger charge is 2.13. The van der Waals surface area contributed by atoms with Crippen molar-refractivity contribution in [3.05, 3.63) is 90.0 Å². The third-order valence-electron chi connectivity index (χ3n) is 4.48. The Labute approximate surface area is 167 Å². The van der Waals surface area contributed by atoms with Crippen LogP contribution in [-0.4, -0.2) is 14.2 Å². The van der Waals surface area contributed by atoms with Gasteiger partial charge in [0.2, 0.25) is 0 Å². The highest BCUT2D eigenvalue weighted by molar-refractivity contribution is 5.52. The van der Waals surface area contributed by atoms with Crippen LogP contribution in [0.2, 0.25) is 0 Å². The van der Waals surface area contributed by atoms with Gasteiger partial charge in [-0.05, 0) is 42.3 Å². The Bertz CT molecular complexity index is 924. The molecule has 3 aromatic carbocycles. The Morgan fingerprint density at radius 1 is 0.821 bits per heavy atom. The fraction of sp³-hybridized carbons (Fsp3) is 0.200. The van der Waals surface area contributed by atoms with E-state index in [1.165, 1.54) is 5.56 Å². The zero-order chi connectivity index (χ0) is 19.6. The van der Waals surface area contributed by atoms with Crippen molar-refractivity contribution < 1.29 is 9.47 Å². The molecular formula is C25H25NO2. The number of benzene rings is 3. The largest absolute Gasteiger partial charge is 0.497 e. The van der Waals surface area contributed by atoms with Gasteiger partial charge in [-0.25, -0.2) is 0 Å². The third-order valence-corrected chi connectivity index (χ3v) is 4.48. The summed E-state index contributed by atoms with van der Waals surface area (Å²) >= 11 is 0. The van der Waals surface area contributed by atoms with E-state index in [1.54, 1.807) is 14.2 Å². The van der Waals surface area contributed by atoms with Crippen LogP contribution in [0.3, 0.4) is 0 Å². The van der Waals surface area contributed by atoms with E-state index in [9.17, 15) is 0 Å².